The predicted molar refractivity (Wildman–Crippen MR) is 57.4 cm³/mol. The number of rotatable bonds is 2. The number of aliphatic hydroxyl groups excluding tert-OH is 1. The van der Waals surface area contributed by atoms with E-state index in [4.69, 9.17) is 16.7 Å². The first-order chi connectivity index (χ1) is 6.79. The fourth-order valence-corrected chi connectivity index (χ4v) is 2.02. The first-order valence-corrected chi connectivity index (χ1v) is 5.27. The Balaban J connectivity index is 2.06. The van der Waals surface area contributed by atoms with Gasteiger partial charge in [-0.3, -0.25) is 0 Å². The van der Waals surface area contributed by atoms with Gasteiger partial charge in [-0.15, -0.1) is 0 Å². The summed E-state index contributed by atoms with van der Waals surface area (Å²) >= 11 is 5.81. The van der Waals surface area contributed by atoms with E-state index < -0.39 is 0 Å². The van der Waals surface area contributed by atoms with Gasteiger partial charge in [0.05, 0.1) is 0 Å². The average molecular weight is 212 g/mol. The number of halogens is 1. The minimum absolute atomic E-state index is 0.275. The van der Waals surface area contributed by atoms with Gasteiger partial charge >= 0.3 is 0 Å². The van der Waals surface area contributed by atoms with Crippen LogP contribution in [-0.2, 0) is 0 Å². The second-order valence-corrected chi connectivity index (χ2v) is 4.23. The lowest BCUT2D eigenvalue weighted by Crippen LogP contribution is -2.14. The summed E-state index contributed by atoms with van der Waals surface area (Å²) in [5.41, 5.74) is 1.25. The van der Waals surface area contributed by atoms with Crippen LogP contribution in [0.25, 0.3) is 0 Å². The van der Waals surface area contributed by atoms with Crippen molar-refractivity contribution in [3.05, 3.63) is 34.9 Å². The zero-order valence-corrected chi connectivity index (χ0v) is 8.67. The second kappa shape index (κ2) is 4.30. The summed E-state index contributed by atoms with van der Waals surface area (Å²) < 4.78 is 0. The van der Waals surface area contributed by atoms with Crippen LogP contribution in [0.3, 0.4) is 0 Å². The van der Waals surface area contributed by atoms with E-state index in [2.05, 4.69) is 5.32 Å². The maximum Gasteiger partial charge on any atom is 0.0472 e. The molecule has 2 rings (SSSR count). The van der Waals surface area contributed by atoms with Crippen LogP contribution in [-0.4, -0.2) is 18.3 Å². The Morgan fingerprint density at radius 2 is 2.07 bits per heavy atom. The number of hydrogen-bond donors (Lipinski definition) is 2. The molecule has 1 fully saturated rings. The Bertz CT molecular complexity index is 299. The van der Waals surface area contributed by atoms with Gasteiger partial charge in [0.2, 0.25) is 0 Å². The van der Waals surface area contributed by atoms with Crippen LogP contribution in [0.15, 0.2) is 24.3 Å². The van der Waals surface area contributed by atoms with E-state index in [1.165, 1.54) is 5.56 Å². The lowest BCUT2D eigenvalue weighted by molar-refractivity contribution is 0.236. The third-order valence-corrected chi connectivity index (χ3v) is 3.00. The van der Waals surface area contributed by atoms with E-state index in [0.717, 1.165) is 18.0 Å². The van der Waals surface area contributed by atoms with Crippen molar-refractivity contribution in [1.82, 2.24) is 5.32 Å². The zero-order valence-electron chi connectivity index (χ0n) is 7.91. The molecule has 2 unspecified atom stereocenters. The lowest BCUT2D eigenvalue weighted by atomic mass is 10.0. The number of nitrogens with one attached hydrogen (secondary N) is 1. The van der Waals surface area contributed by atoms with Crippen molar-refractivity contribution in [1.29, 1.82) is 0 Å². The Morgan fingerprint density at radius 1 is 1.36 bits per heavy atom. The Labute approximate surface area is 88.9 Å². The van der Waals surface area contributed by atoms with E-state index in [9.17, 15) is 0 Å². The monoisotopic (exact) mass is 211 g/mol. The quantitative estimate of drug-likeness (QED) is 0.784. The fourth-order valence-electron chi connectivity index (χ4n) is 1.90. The molecule has 1 aromatic rings. The van der Waals surface area contributed by atoms with Crippen molar-refractivity contribution in [2.45, 2.75) is 12.5 Å². The molecule has 76 valence electrons. The van der Waals surface area contributed by atoms with Crippen LogP contribution in [0.5, 0.6) is 0 Å². The molecule has 1 heterocycles. The molecular weight excluding hydrogens is 198 g/mol. The third kappa shape index (κ3) is 2.08. The van der Waals surface area contributed by atoms with Crippen molar-refractivity contribution in [3.8, 4) is 0 Å². The van der Waals surface area contributed by atoms with E-state index in [1.54, 1.807) is 0 Å². The molecule has 0 saturated carbocycles. The minimum Gasteiger partial charge on any atom is -0.396 e. The third-order valence-electron chi connectivity index (χ3n) is 2.75. The average Bonchev–Trinajstić information content (AvgIpc) is 2.67. The summed E-state index contributed by atoms with van der Waals surface area (Å²) in [6.07, 6.45) is 1.01. The van der Waals surface area contributed by atoms with Gasteiger partial charge in [0.1, 0.15) is 0 Å². The van der Waals surface area contributed by atoms with Crippen molar-refractivity contribution in [2.24, 2.45) is 5.92 Å². The molecule has 2 N–H and O–H groups in total. The van der Waals surface area contributed by atoms with Crippen molar-refractivity contribution >= 4 is 11.6 Å². The second-order valence-electron chi connectivity index (χ2n) is 3.80. The van der Waals surface area contributed by atoms with Crippen LogP contribution in [0.4, 0.5) is 0 Å². The van der Waals surface area contributed by atoms with E-state index in [1.807, 2.05) is 24.3 Å². The fraction of sp³-hybridized carbons (Fsp3) is 0.455. The molecule has 0 aliphatic carbocycles. The molecule has 2 atom stereocenters. The standard InChI is InChI=1S/C11H14ClNO/c12-10-3-1-9(2-4-10)11-5-8(7-14)6-13-11/h1-4,8,11,13-14H,5-7H2. The largest absolute Gasteiger partial charge is 0.396 e. The molecule has 0 spiro atoms. The molecule has 1 aliphatic heterocycles. The molecule has 1 aliphatic rings. The van der Waals surface area contributed by atoms with Gasteiger partial charge in [-0.2, -0.15) is 0 Å². The molecule has 1 aromatic carbocycles. The molecule has 14 heavy (non-hydrogen) atoms. The molecule has 0 aromatic heterocycles. The Morgan fingerprint density at radius 3 is 2.64 bits per heavy atom. The Kier molecular flexibility index (Phi) is 3.06. The molecule has 2 nitrogen and oxygen atoms in total. The maximum absolute atomic E-state index is 9.01. The van der Waals surface area contributed by atoms with Gasteiger partial charge in [0.15, 0.2) is 0 Å². The first kappa shape index (κ1) is 9.97. The highest BCUT2D eigenvalue weighted by Crippen LogP contribution is 2.27. The Hall–Kier alpha value is -0.570. The molecule has 1 saturated heterocycles. The van der Waals surface area contributed by atoms with Crippen LogP contribution in [0.2, 0.25) is 5.02 Å². The SMILES string of the molecule is OCC1CNC(c2ccc(Cl)cc2)C1. The van der Waals surface area contributed by atoms with E-state index in [0.29, 0.717) is 12.0 Å². The zero-order chi connectivity index (χ0) is 9.97. The lowest BCUT2D eigenvalue weighted by Gasteiger charge is -2.10. The highest BCUT2D eigenvalue weighted by atomic mass is 35.5. The summed E-state index contributed by atoms with van der Waals surface area (Å²) in [5.74, 6) is 0.399. The van der Waals surface area contributed by atoms with Crippen molar-refractivity contribution < 1.29 is 5.11 Å². The molecule has 0 amide bonds. The van der Waals surface area contributed by atoms with E-state index in [-0.39, 0.29) is 6.61 Å². The predicted octanol–water partition coefficient (Wildman–Crippen LogP) is 1.98. The maximum atomic E-state index is 9.01. The topological polar surface area (TPSA) is 32.3 Å². The summed E-state index contributed by atoms with van der Waals surface area (Å²) in [7, 11) is 0. The summed E-state index contributed by atoms with van der Waals surface area (Å²) in [4.78, 5) is 0. The van der Waals surface area contributed by atoms with Crippen molar-refractivity contribution in [2.75, 3.05) is 13.2 Å². The van der Waals surface area contributed by atoms with Crippen molar-refractivity contribution in [3.63, 3.8) is 0 Å². The minimum atomic E-state index is 0.275. The molecule has 0 bridgehead atoms. The first-order valence-electron chi connectivity index (χ1n) is 4.89. The van der Waals surface area contributed by atoms with Crippen LogP contribution in [0.1, 0.15) is 18.0 Å². The molecule has 0 radical (unpaired) electrons. The summed E-state index contributed by atoms with van der Waals surface area (Å²) in [6, 6.07) is 8.28. The normalized spacial score (nSPS) is 26.7. The van der Waals surface area contributed by atoms with Crippen LogP contribution >= 0.6 is 11.6 Å². The highest BCUT2D eigenvalue weighted by molar-refractivity contribution is 6.30. The van der Waals surface area contributed by atoms with Crippen LogP contribution < -0.4 is 5.32 Å². The number of aliphatic hydroxyl groups is 1. The molecule has 3 heteroatoms. The highest BCUT2D eigenvalue weighted by Gasteiger charge is 2.24. The van der Waals surface area contributed by atoms with E-state index >= 15 is 0 Å². The summed E-state index contributed by atoms with van der Waals surface area (Å²) in [5, 5.41) is 13.2. The van der Waals surface area contributed by atoms with Gasteiger partial charge in [0.25, 0.3) is 0 Å². The number of benzene rings is 1. The summed E-state index contributed by atoms with van der Waals surface area (Å²) in [6.45, 7) is 1.18. The van der Waals surface area contributed by atoms with Gasteiger partial charge < -0.3 is 10.4 Å². The van der Waals surface area contributed by atoms with Gasteiger partial charge in [-0.1, -0.05) is 23.7 Å². The smallest absolute Gasteiger partial charge is 0.0472 e. The van der Waals surface area contributed by atoms with Gasteiger partial charge in [0, 0.05) is 24.2 Å². The van der Waals surface area contributed by atoms with Gasteiger partial charge in [-0.25, -0.2) is 0 Å². The number of hydrogen-bond acceptors (Lipinski definition) is 2. The molecular formula is C11H14ClNO. The van der Waals surface area contributed by atoms with Gasteiger partial charge in [-0.05, 0) is 30.0 Å². The van der Waals surface area contributed by atoms with Crippen LogP contribution in [0, 0.1) is 5.92 Å².